The standard InChI is InChI=1S/C13H11FN2O/c14-11-2-5-13(6-3-11)17-9-12-4-1-10(7-15)8-16-12/h1-2,4-5,8H,3,6,9H2. The number of ether oxygens (including phenoxy) is 1. The number of hydrogen-bond donors (Lipinski definition) is 0. The fourth-order valence-electron chi connectivity index (χ4n) is 1.46. The van der Waals surface area contributed by atoms with Crippen molar-refractivity contribution >= 4 is 0 Å². The van der Waals surface area contributed by atoms with Crippen LogP contribution in [0.25, 0.3) is 0 Å². The van der Waals surface area contributed by atoms with E-state index in [-0.39, 0.29) is 5.83 Å². The van der Waals surface area contributed by atoms with Crippen LogP contribution in [0.1, 0.15) is 24.1 Å². The van der Waals surface area contributed by atoms with Gasteiger partial charge in [-0.3, -0.25) is 4.98 Å². The summed E-state index contributed by atoms with van der Waals surface area (Å²) in [6.07, 6.45) is 5.55. The van der Waals surface area contributed by atoms with Crippen molar-refractivity contribution in [2.75, 3.05) is 0 Å². The van der Waals surface area contributed by atoms with Crippen LogP contribution in [-0.2, 0) is 11.3 Å². The van der Waals surface area contributed by atoms with Gasteiger partial charge in [-0.25, -0.2) is 4.39 Å². The molecule has 0 radical (unpaired) electrons. The van der Waals surface area contributed by atoms with Crippen molar-refractivity contribution in [3.63, 3.8) is 0 Å². The lowest BCUT2D eigenvalue weighted by Gasteiger charge is -2.12. The number of allylic oxidation sites excluding steroid dienone is 4. The van der Waals surface area contributed by atoms with Gasteiger partial charge in [0.25, 0.3) is 0 Å². The van der Waals surface area contributed by atoms with Gasteiger partial charge in [0.2, 0.25) is 0 Å². The fraction of sp³-hybridized carbons (Fsp3) is 0.231. The van der Waals surface area contributed by atoms with Crippen LogP contribution in [0.5, 0.6) is 0 Å². The maximum Gasteiger partial charge on any atom is 0.130 e. The van der Waals surface area contributed by atoms with Gasteiger partial charge >= 0.3 is 0 Å². The Morgan fingerprint density at radius 1 is 1.35 bits per heavy atom. The van der Waals surface area contributed by atoms with Crippen molar-refractivity contribution in [1.82, 2.24) is 4.98 Å². The number of halogens is 1. The Balaban J connectivity index is 1.92. The SMILES string of the molecule is N#Cc1ccc(COC2=CC=C(F)CC2)nc1. The molecule has 0 aliphatic heterocycles. The Bertz CT molecular complexity index is 497. The lowest BCUT2D eigenvalue weighted by Crippen LogP contribution is -1.99. The highest BCUT2D eigenvalue weighted by molar-refractivity contribution is 5.26. The zero-order chi connectivity index (χ0) is 12.1. The topological polar surface area (TPSA) is 45.9 Å². The second-order valence-electron chi connectivity index (χ2n) is 3.69. The van der Waals surface area contributed by atoms with Gasteiger partial charge in [0.05, 0.1) is 17.0 Å². The van der Waals surface area contributed by atoms with Gasteiger partial charge in [-0.15, -0.1) is 0 Å². The molecule has 1 aromatic rings. The molecule has 0 amide bonds. The summed E-state index contributed by atoms with van der Waals surface area (Å²) in [4.78, 5) is 4.08. The average Bonchev–Trinajstić information content (AvgIpc) is 2.39. The summed E-state index contributed by atoms with van der Waals surface area (Å²) in [5.41, 5.74) is 1.27. The molecule has 0 spiro atoms. The van der Waals surface area contributed by atoms with E-state index in [9.17, 15) is 4.39 Å². The van der Waals surface area contributed by atoms with Crippen molar-refractivity contribution in [2.45, 2.75) is 19.4 Å². The zero-order valence-corrected chi connectivity index (χ0v) is 9.19. The minimum Gasteiger partial charge on any atom is -0.492 e. The molecule has 17 heavy (non-hydrogen) atoms. The minimum atomic E-state index is -0.117. The van der Waals surface area contributed by atoms with Crippen LogP contribution in [0, 0.1) is 11.3 Å². The van der Waals surface area contributed by atoms with Gasteiger partial charge in [0, 0.05) is 19.0 Å². The van der Waals surface area contributed by atoms with E-state index in [0.29, 0.717) is 25.0 Å². The smallest absolute Gasteiger partial charge is 0.130 e. The second-order valence-corrected chi connectivity index (χ2v) is 3.69. The van der Waals surface area contributed by atoms with Crippen molar-refractivity contribution in [3.8, 4) is 6.07 Å². The fourth-order valence-corrected chi connectivity index (χ4v) is 1.46. The summed E-state index contributed by atoms with van der Waals surface area (Å²) in [7, 11) is 0. The van der Waals surface area contributed by atoms with E-state index in [1.807, 2.05) is 6.07 Å². The summed E-state index contributed by atoms with van der Waals surface area (Å²) < 4.78 is 18.2. The van der Waals surface area contributed by atoms with E-state index in [0.717, 1.165) is 11.5 Å². The Kier molecular flexibility index (Phi) is 3.51. The zero-order valence-electron chi connectivity index (χ0n) is 9.19. The van der Waals surface area contributed by atoms with Crippen LogP contribution in [0.4, 0.5) is 4.39 Å². The summed E-state index contributed by atoms with van der Waals surface area (Å²) in [6.45, 7) is 0.340. The number of nitrogens with zero attached hydrogens (tertiary/aromatic N) is 2. The van der Waals surface area contributed by atoms with Gasteiger partial charge in [-0.1, -0.05) is 0 Å². The molecule has 2 rings (SSSR count). The first kappa shape index (κ1) is 11.3. The Labute approximate surface area is 98.9 Å². The lowest BCUT2D eigenvalue weighted by molar-refractivity contribution is 0.183. The highest BCUT2D eigenvalue weighted by Gasteiger charge is 2.07. The molecule has 0 saturated heterocycles. The van der Waals surface area contributed by atoms with E-state index in [1.54, 1.807) is 18.2 Å². The summed E-state index contributed by atoms with van der Waals surface area (Å²) >= 11 is 0. The molecule has 0 bridgehead atoms. The van der Waals surface area contributed by atoms with E-state index in [2.05, 4.69) is 4.98 Å². The molecular formula is C13H11FN2O. The maximum absolute atomic E-state index is 12.7. The molecule has 0 N–H and O–H groups in total. The van der Waals surface area contributed by atoms with Crippen molar-refractivity contribution < 1.29 is 9.13 Å². The molecule has 0 atom stereocenters. The van der Waals surface area contributed by atoms with Crippen LogP contribution < -0.4 is 0 Å². The Morgan fingerprint density at radius 3 is 2.82 bits per heavy atom. The first-order valence-electron chi connectivity index (χ1n) is 5.31. The largest absolute Gasteiger partial charge is 0.492 e. The predicted octanol–water partition coefficient (Wildman–Crippen LogP) is 3.00. The Morgan fingerprint density at radius 2 is 2.24 bits per heavy atom. The van der Waals surface area contributed by atoms with Crippen molar-refractivity contribution in [1.29, 1.82) is 5.26 Å². The third kappa shape index (κ3) is 3.15. The Hall–Kier alpha value is -2.15. The van der Waals surface area contributed by atoms with E-state index in [4.69, 9.17) is 10.00 Å². The molecule has 0 saturated carbocycles. The maximum atomic E-state index is 12.7. The summed E-state index contributed by atoms with van der Waals surface area (Å²) in [6, 6.07) is 5.44. The molecule has 4 heteroatoms. The highest BCUT2D eigenvalue weighted by atomic mass is 19.1. The van der Waals surface area contributed by atoms with Gasteiger partial charge in [0.1, 0.15) is 18.5 Å². The summed E-state index contributed by atoms with van der Waals surface area (Å²) in [5.74, 6) is 0.645. The number of pyridine rings is 1. The van der Waals surface area contributed by atoms with Gasteiger partial charge < -0.3 is 4.74 Å². The van der Waals surface area contributed by atoms with Crippen LogP contribution in [0.15, 0.2) is 42.1 Å². The van der Waals surface area contributed by atoms with Gasteiger partial charge in [0.15, 0.2) is 0 Å². The third-order valence-corrected chi connectivity index (χ3v) is 2.42. The average molecular weight is 230 g/mol. The van der Waals surface area contributed by atoms with Crippen LogP contribution in [0.2, 0.25) is 0 Å². The summed E-state index contributed by atoms with van der Waals surface area (Å²) in [5, 5.41) is 8.61. The first-order valence-corrected chi connectivity index (χ1v) is 5.31. The molecule has 0 fully saturated rings. The molecule has 86 valence electrons. The number of nitriles is 1. The van der Waals surface area contributed by atoms with Gasteiger partial charge in [-0.2, -0.15) is 5.26 Å². The normalized spacial score (nSPS) is 14.6. The first-order chi connectivity index (χ1) is 8.28. The number of rotatable bonds is 3. The van der Waals surface area contributed by atoms with Crippen LogP contribution in [-0.4, -0.2) is 4.98 Å². The lowest BCUT2D eigenvalue weighted by atomic mass is 10.1. The molecule has 1 heterocycles. The monoisotopic (exact) mass is 230 g/mol. The van der Waals surface area contributed by atoms with Gasteiger partial charge in [-0.05, 0) is 24.3 Å². The third-order valence-electron chi connectivity index (χ3n) is 2.42. The molecule has 0 aromatic carbocycles. The van der Waals surface area contributed by atoms with Crippen molar-refractivity contribution in [3.05, 3.63) is 53.3 Å². The van der Waals surface area contributed by atoms with Crippen LogP contribution >= 0.6 is 0 Å². The number of hydrogen-bond acceptors (Lipinski definition) is 3. The van der Waals surface area contributed by atoms with E-state index < -0.39 is 0 Å². The molecule has 0 unspecified atom stereocenters. The quantitative estimate of drug-likeness (QED) is 0.801. The second kappa shape index (κ2) is 5.26. The number of aromatic nitrogens is 1. The van der Waals surface area contributed by atoms with E-state index >= 15 is 0 Å². The molecule has 1 aliphatic carbocycles. The highest BCUT2D eigenvalue weighted by Crippen LogP contribution is 2.20. The molecule has 1 aliphatic rings. The molecule has 1 aromatic heterocycles. The van der Waals surface area contributed by atoms with Crippen LogP contribution in [0.3, 0.4) is 0 Å². The van der Waals surface area contributed by atoms with E-state index in [1.165, 1.54) is 12.3 Å². The van der Waals surface area contributed by atoms with Crippen molar-refractivity contribution in [2.24, 2.45) is 0 Å². The predicted molar refractivity (Wildman–Crippen MR) is 60.2 cm³/mol. The molecular weight excluding hydrogens is 219 g/mol. The minimum absolute atomic E-state index is 0.117. The molecule has 3 nitrogen and oxygen atoms in total.